The summed E-state index contributed by atoms with van der Waals surface area (Å²) in [5.41, 5.74) is -0.751. The maximum atomic E-state index is 12.6. The fourth-order valence-electron chi connectivity index (χ4n) is 1.51. The molecule has 1 atom stereocenters. The highest BCUT2D eigenvalue weighted by molar-refractivity contribution is 6.31. The predicted octanol–water partition coefficient (Wildman–Crippen LogP) is 3.72. The molecule has 0 bridgehead atoms. The van der Waals surface area contributed by atoms with Crippen LogP contribution < -0.4 is 5.32 Å². The van der Waals surface area contributed by atoms with Gasteiger partial charge in [-0.25, -0.2) is 4.79 Å². The molecule has 1 rings (SSSR count). The highest BCUT2D eigenvalue weighted by atomic mass is 35.5. The van der Waals surface area contributed by atoms with Crippen LogP contribution in [-0.4, -0.2) is 19.1 Å². The van der Waals surface area contributed by atoms with Crippen molar-refractivity contribution in [2.45, 2.75) is 25.6 Å². The number of carbonyl (C=O) groups excluding carboxylic acids is 1. The second kappa shape index (κ2) is 6.14. The van der Waals surface area contributed by atoms with Gasteiger partial charge in [0.25, 0.3) is 0 Å². The molecule has 0 spiro atoms. The van der Waals surface area contributed by atoms with E-state index in [1.165, 1.54) is 13.2 Å². The van der Waals surface area contributed by atoms with Crippen molar-refractivity contribution in [2.24, 2.45) is 0 Å². The first-order chi connectivity index (χ1) is 8.77. The minimum Gasteiger partial charge on any atom is -0.467 e. The van der Waals surface area contributed by atoms with E-state index in [4.69, 9.17) is 11.6 Å². The van der Waals surface area contributed by atoms with Crippen LogP contribution in [0.15, 0.2) is 18.2 Å². The van der Waals surface area contributed by atoms with Crippen LogP contribution in [0.1, 0.15) is 18.9 Å². The van der Waals surface area contributed by atoms with E-state index in [1.54, 1.807) is 6.92 Å². The van der Waals surface area contributed by atoms with Crippen LogP contribution in [0.2, 0.25) is 5.02 Å². The van der Waals surface area contributed by atoms with E-state index >= 15 is 0 Å². The standard InChI is InChI=1S/C12H13ClF3NO2/c1-3-10(11(18)19-2)17-9-5-7(12(14,15)16)4-8(13)6-9/h4-6,10,17H,3H2,1-2H3. The lowest BCUT2D eigenvalue weighted by atomic mass is 10.1. The van der Waals surface area contributed by atoms with Crippen molar-refractivity contribution in [1.82, 2.24) is 0 Å². The zero-order chi connectivity index (χ0) is 14.6. The summed E-state index contributed by atoms with van der Waals surface area (Å²) in [6.07, 6.45) is -4.12. The molecule has 7 heteroatoms. The number of methoxy groups -OCH3 is 1. The summed E-state index contributed by atoms with van der Waals surface area (Å²) >= 11 is 5.64. The van der Waals surface area contributed by atoms with Gasteiger partial charge in [0.15, 0.2) is 0 Å². The van der Waals surface area contributed by atoms with Crippen molar-refractivity contribution < 1.29 is 22.7 Å². The van der Waals surface area contributed by atoms with Gasteiger partial charge in [-0.3, -0.25) is 0 Å². The SMILES string of the molecule is CCC(Nc1cc(Cl)cc(C(F)(F)F)c1)C(=O)OC. The minimum atomic E-state index is -4.49. The fraction of sp³-hybridized carbons (Fsp3) is 0.417. The second-order valence-electron chi connectivity index (χ2n) is 3.85. The van der Waals surface area contributed by atoms with E-state index in [2.05, 4.69) is 10.1 Å². The monoisotopic (exact) mass is 295 g/mol. The Morgan fingerprint density at radius 1 is 1.42 bits per heavy atom. The van der Waals surface area contributed by atoms with Crippen molar-refractivity contribution in [1.29, 1.82) is 0 Å². The Morgan fingerprint density at radius 3 is 2.53 bits per heavy atom. The quantitative estimate of drug-likeness (QED) is 0.860. The number of hydrogen-bond acceptors (Lipinski definition) is 3. The van der Waals surface area contributed by atoms with Crippen molar-refractivity contribution in [2.75, 3.05) is 12.4 Å². The van der Waals surface area contributed by atoms with Gasteiger partial charge < -0.3 is 10.1 Å². The average molecular weight is 296 g/mol. The molecule has 0 aliphatic carbocycles. The van der Waals surface area contributed by atoms with Crippen molar-refractivity contribution in [3.05, 3.63) is 28.8 Å². The summed E-state index contributed by atoms with van der Waals surface area (Å²) in [5, 5.41) is 2.62. The van der Waals surface area contributed by atoms with Crippen LogP contribution >= 0.6 is 11.6 Å². The zero-order valence-electron chi connectivity index (χ0n) is 10.3. The first-order valence-electron chi connectivity index (χ1n) is 5.50. The summed E-state index contributed by atoms with van der Waals surface area (Å²) in [7, 11) is 1.21. The lowest BCUT2D eigenvalue weighted by Crippen LogP contribution is -2.29. The van der Waals surface area contributed by atoms with Gasteiger partial charge in [-0.05, 0) is 24.6 Å². The molecule has 1 aromatic rings. The number of ether oxygens (including phenoxy) is 1. The highest BCUT2D eigenvalue weighted by Crippen LogP contribution is 2.33. The van der Waals surface area contributed by atoms with E-state index < -0.39 is 23.8 Å². The molecule has 0 saturated heterocycles. The molecule has 19 heavy (non-hydrogen) atoms. The van der Waals surface area contributed by atoms with E-state index in [0.717, 1.165) is 12.1 Å². The summed E-state index contributed by atoms with van der Waals surface area (Å²) in [6, 6.07) is 2.33. The van der Waals surface area contributed by atoms with Crippen LogP contribution in [0, 0.1) is 0 Å². The predicted molar refractivity (Wildman–Crippen MR) is 66.2 cm³/mol. The van der Waals surface area contributed by atoms with Crippen LogP contribution in [0.4, 0.5) is 18.9 Å². The molecule has 1 aromatic carbocycles. The zero-order valence-corrected chi connectivity index (χ0v) is 11.1. The third-order valence-electron chi connectivity index (χ3n) is 2.46. The number of anilines is 1. The van der Waals surface area contributed by atoms with Gasteiger partial charge in [0.1, 0.15) is 6.04 Å². The molecule has 0 aliphatic heterocycles. The molecule has 0 fully saturated rings. The summed E-state index contributed by atoms with van der Waals surface area (Å²) in [4.78, 5) is 11.4. The Kier molecular flexibility index (Phi) is 5.05. The third-order valence-corrected chi connectivity index (χ3v) is 2.68. The average Bonchev–Trinajstić information content (AvgIpc) is 2.33. The molecule has 1 unspecified atom stereocenters. The number of nitrogens with one attached hydrogen (secondary N) is 1. The Hall–Kier alpha value is -1.43. The lowest BCUT2D eigenvalue weighted by molar-refractivity contribution is -0.141. The lowest BCUT2D eigenvalue weighted by Gasteiger charge is -2.17. The largest absolute Gasteiger partial charge is 0.467 e. The van der Waals surface area contributed by atoms with Gasteiger partial charge in [-0.2, -0.15) is 13.2 Å². The van der Waals surface area contributed by atoms with Gasteiger partial charge in [-0.1, -0.05) is 18.5 Å². The van der Waals surface area contributed by atoms with Crippen LogP contribution in [0.5, 0.6) is 0 Å². The van der Waals surface area contributed by atoms with Crippen LogP contribution in [0.25, 0.3) is 0 Å². The molecular formula is C12H13ClF3NO2. The number of carbonyl (C=O) groups is 1. The number of alkyl halides is 3. The molecule has 0 amide bonds. The van der Waals surface area contributed by atoms with Crippen molar-refractivity contribution in [3.63, 3.8) is 0 Å². The molecule has 0 heterocycles. The van der Waals surface area contributed by atoms with E-state index in [-0.39, 0.29) is 10.7 Å². The molecule has 106 valence electrons. The van der Waals surface area contributed by atoms with Crippen LogP contribution in [-0.2, 0) is 15.7 Å². The molecule has 0 saturated carbocycles. The molecule has 1 N–H and O–H groups in total. The highest BCUT2D eigenvalue weighted by Gasteiger charge is 2.31. The van der Waals surface area contributed by atoms with E-state index in [0.29, 0.717) is 6.42 Å². The number of benzene rings is 1. The molecule has 0 radical (unpaired) electrons. The Labute approximate surface area is 113 Å². The van der Waals surface area contributed by atoms with Gasteiger partial charge in [-0.15, -0.1) is 0 Å². The Balaban J connectivity index is 3.01. The second-order valence-corrected chi connectivity index (χ2v) is 4.29. The summed E-state index contributed by atoms with van der Waals surface area (Å²) in [6.45, 7) is 1.71. The number of esters is 1. The maximum absolute atomic E-state index is 12.6. The van der Waals surface area contributed by atoms with E-state index in [1.807, 2.05) is 0 Å². The maximum Gasteiger partial charge on any atom is 0.416 e. The summed E-state index contributed by atoms with van der Waals surface area (Å²) in [5.74, 6) is -0.545. The van der Waals surface area contributed by atoms with Gasteiger partial charge in [0, 0.05) is 10.7 Å². The molecule has 3 nitrogen and oxygen atoms in total. The number of halogens is 4. The van der Waals surface area contributed by atoms with Crippen molar-refractivity contribution >= 4 is 23.3 Å². The Bertz CT molecular complexity index is 463. The van der Waals surface area contributed by atoms with Gasteiger partial charge in [0.05, 0.1) is 12.7 Å². The van der Waals surface area contributed by atoms with Crippen molar-refractivity contribution in [3.8, 4) is 0 Å². The fourth-order valence-corrected chi connectivity index (χ4v) is 1.74. The first-order valence-corrected chi connectivity index (χ1v) is 5.88. The molecule has 0 aliphatic rings. The smallest absolute Gasteiger partial charge is 0.416 e. The van der Waals surface area contributed by atoms with Crippen LogP contribution in [0.3, 0.4) is 0 Å². The third kappa shape index (κ3) is 4.31. The minimum absolute atomic E-state index is 0.0583. The van der Waals surface area contributed by atoms with Gasteiger partial charge in [0.2, 0.25) is 0 Å². The van der Waals surface area contributed by atoms with E-state index in [9.17, 15) is 18.0 Å². The Morgan fingerprint density at radius 2 is 2.05 bits per heavy atom. The molecule has 0 aromatic heterocycles. The summed E-state index contributed by atoms with van der Waals surface area (Å²) < 4.78 is 42.4. The van der Waals surface area contributed by atoms with Gasteiger partial charge >= 0.3 is 12.1 Å². The normalized spacial score (nSPS) is 12.9. The molecular weight excluding hydrogens is 283 g/mol. The first kappa shape index (κ1) is 15.6. The number of hydrogen-bond donors (Lipinski definition) is 1. The number of rotatable bonds is 4. The topological polar surface area (TPSA) is 38.3 Å².